The Morgan fingerprint density at radius 2 is 1.15 bits per heavy atom. The summed E-state index contributed by atoms with van der Waals surface area (Å²) in [5.74, 6) is 0.585. The van der Waals surface area contributed by atoms with Crippen molar-refractivity contribution in [1.82, 2.24) is 0 Å². The van der Waals surface area contributed by atoms with Crippen molar-refractivity contribution >= 4 is 22.9 Å². The van der Waals surface area contributed by atoms with Crippen LogP contribution in [0.25, 0.3) is 0 Å². The molecule has 0 amide bonds. The molecule has 0 saturated carbocycles. The summed E-state index contributed by atoms with van der Waals surface area (Å²) in [7, 11) is -7.57. The first-order valence-electron chi connectivity index (χ1n) is 7.60. The van der Waals surface area contributed by atoms with Crippen LogP contribution in [-0.4, -0.2) is 8.42 Å². The first-order chi connectivity index (χ1) is 12.4. The third-order valence-electron chi connectivity index (χ3n) is 3.42. The summed E-state index contributed by atoms with van der Waals surface area (Å²) in [5, 5.41) is 5.45. The van der Waals surface area contributed by atoms with Crippen LogP contribution in [0.4, 0.5) is 0 Å². The van der Waals surface area contributed by atoms with Crippen molar-refractivity contribution in [3.63, 3.8) is 0 Å². The third-order valence-corrected chi connectivity index (χ3v) is 6.18. The number of rotatable bonds is 6. The van der Waals surface area contributed by atoms with Gasteiger partial charge in [0, 0.05) is 0 Å². The highest BCUT2D eigenvalue weighted by molar-refractivity contribution is 7.89. The maximum absolute atomic E-state index is 13.4. The lowest BCUT2D eigenvalue weighted by atomic mass is 10.3. The number of benzene rings is 3. The van der Waals surface area contributed by atoms with Crippen LogP contribution in [0, 0.1) is 0 Å². The van der Waals surface area contributed by atoms with Crippen molar-refractivity contribution in [2.75, 3.05) is 0 Å². The lowest BCUT2D eigenvalue weighted by Gasteiger charge is -2.20. The van der Waals surface area contributed by atoms with Gasteiger partial charge in [-0.15, -0.1) is 0 Å². The normalized spacial score (nSPS) is 13.6. The summed E-state index contributed by atoms with van der Waals surface area (Å²) in [4.78, 5) is -0.0663. The van der Waals surface area contributed by atoms with Crippen LogP contribution in [-0.2, 0) is 14.6 Å². The van der Waals surface area contributed by atoms with E-state index in [-0.39, 0.29) is 10.6 Å². The molecule has 0 heterocycles. The minimum absolute atomic E-state index is 0.0663. The summed E-state index contributed by atoms with van der Waals surface area (Å²) in [6.07, 6.45) is 0. The fraction of sp³-hybridized carbons (Fsp3) is 0. The van der Waals surface area contributed by atoms with Crippen LogP contribution < -0.4 is 19.5 Å². The number of hydrogen-bond donors (Lipinski definition) is 1. The standard InChI is InChI=1S/C18H16NO5PS/c19-26(21,22)18-13-11-16(12-14-18)24-25(20,17-9-5-2-6-10-17)23-15-7-3-1-4-8-15/h1-14H,(H2,19,21,22). The van der Waals surface area contributed by atoms with E-state index >= 15 is 0 Å². The van der Waals surface area contributed by atoms with Crippen LogP contribution in [0.2, 0.25) is 0 Å². The van der Waals surface area contributed by atoms with E-state index in [1.807, 2.05) is 6.07 Å². The summed E-state index contributed by atoms with van der Waals surface area (Å²) in [6, 6.07) is 22.5. The second kappa shape index (κ2) is 7.33. The molecule has 0 spiro atoms. The van der Waals surface area contributed by atoms with Gasteiger partial charge >= 0.3 is 7.60 Å². The topological polar surface area (TPSA) is 95.7 Å². The average molecular weight is 389 g/mol. The maximum atomic E-state index is 13.4. The number of hydrogen-bond acceptors (Lipinski definition) is 5. The van der Waals surface area contributed by atoms with Crippen LogP contribution in [0.15, 0.2) is 89.8 Å². The summed E-state index contributed by atoms with van der Waals surface area (Å²) < 4.78 is 47.5. The van der Waals surface area contributed by atoms with Crippen LogP contribution in [0.1, 0.15) is 0 Å². The Bertz CT molecular complexity index is 1020. The molecule has 0 aliphatic carbocycles. The van der Waals surface area contributed by atoms with Crippen LogP contribution >= 0.6 is 7.60 Å². The van der Waals surface area contributed by atoms with Crippen molar-refractivity contribution in [2.24, 2.45) is 5.14 Å². The van der Waals surface area contributed by atoms with Gasteiger partial charge in [-0.05, 0) is 48.5 Å². The fourth-order valence-electron chi connectivity index (χ4n) is 2.18. The highest BCUT2D eigenvalue weighted by Gasteiger charge is 2.31. The van der Waals surface area contributed by atoms with Crippen molar-refractivity contribution in [1.29, 1.82) is 0 Å². The minimum Gasteiger partial charge on any atom is -0.413 e. The molecule has 0 radical (unpaired) electrons. The average Bonchev–Trinajstić information content (AvgIpc) is 2.63. The molecule has 0 aliphatic rings. The van der Waals surface area contributed by atoms with Gasteiger partial charge in [0.15, 0.2) is 0 Å². The van der Waals surface area contributed by atoms with E-state index in [0.717, 1.165) is 0 Å². The Morgan fingerprint density at radius 1 is 0.692 bits per heavy atom. The monoisotopic (exact) mass is 389 g/mol. The molecule has 2 N–H and O–H groups in total. The Hall–Kier alpha value is -2.60. The smallest absolute Gasteiger partial charge is 0.413 e. The van der Waals surface area contributed by atoms with E-state index in [2.05, 4.69) is 0 Å². The lowest BCUT2D eigenvalue weighted by Crippen LogP contribution is -2.15. The zero-order valence-corrected chi connectivity index (χ0v) is 15.3. The molecule has 1 unspecified atom stereocenters. The second-order valence-electron chi connectivity index (χ2n) is 5.35. The highest BCUT2D eigenvalue weighted by Crippen LogP contribution is 2.47. The number of sulfonamides is 1. The van der Waals surface area contributed by atoms with E-state index in [4.69, 9.17) is 14.2 Å². The van der Waals surface area contributed by atoms with Gasteiger partial charge in [-0.2, -0.15) is 0 Å². The molecule has 0 saturated heterocycles. The quantitative estimate of drug-likeness (QED) is 0.653. The molecule has 3 aromatic carbocycles. The van der Waals surface area contributed by atoms with Crippen molar-refractivity contribution < 1.29 is 22.0 Å². The Balaban J connectivity index is 1.95. The number of para-hydroxylation sites is 1. The molecule has 0 aliphatic heterocycles. The molecule has 0 fully saturated rings. The fourth-order valence-corrected chi connectivity index (χ4v) is 4.28. The second-order valence-corrected chi connectivity index (χ2v) is 8.78. The highest BCUT2D eigenvalue weighted by atomic mass is 32.2. The Morgan fingerprint density at radius 3 is 1.65 bits per heavy atom. The molecular formula is C18H16NO5PS. The van der Waals surface area contributed by atoms with E-state index < -0.39 is 17.6 Å². The summed E-state index contributed by atoms with van der Waals surface area (Å²) >= 11 is 0. The Labute approximate surface area is 151 Å². The van der Waals surface area contributed by atoms with Gasteiger partial charge in [0.05, 0.1) is 10.2 Å². The molecule has 26 heavy (non-hydrogen) atoms. The lowest BCUT2D eigenvalue weighted by molar-refractivity contribution is 0.399. The largest absolute Gasteiger partial charge is 0.462 e. The molecule has 1 atom stereocenters. The number of primary sulfonamides is 1. The zero-order valence-electron chi connectivity index (χ0n) is 13.6. The van der Waals surface area contributed by atoms with E-state index in [0.29, 0.717) is 11.1 Å². The molecule has 0 bridgehead atoms. The van der Waals surface area contributed by atoms with E-state index in [1.165, 1.54) is 24.3 Å². The molecule has 134 valence electrons. The van der Waals surface area contributed by atoms with Crippen molar-refractivity contribution in [3.05, 3.63) is 84.9 Å². The van der Waals surface area contributed by atoms with Gasteiger partial charge in [-0.1, -0.05) is 36.4 Å². The van der Waals surface area contributed by atoms with Gasteiger partial charge < -0.3 is 9.05 Å². The SMILES string of the molecule is NS(=O)(=O)c1ccc(OP(=O)(Oc2ccccc2)c2ccccc2)cc1. The zero-order chi connectivity index (χ0) is 18.6. The van der Waals surface area contributed by atoms with Crippen LogP contribution in [0.3, 0.4) is 0 Å². The molecule has 0 aromatic heterocycles. The predicted octanol–water partition coefficient (Wildman–Crippen LogP) is 3.31. The van der Waals surface area contributed by atoms with Gasteiger partial charge in [0.1, 0.15) is 11.5 Å². The molecular weight excluding hydrogens is 373 g/mol. The predicted molar refractivity (Wildman–Crippen MR) is 99.2 cm³/mol. The summed E-state index contributed by atoms with van der Waals surface area (Å²) in [6.45, 7) is 0. The number of nitrogens with two attached hydrogens (primary N) is 1. The minimum atomic E-state index is -3.82. The van der Waals surface area contributed by atoms with Gasteiger partial charge in [-0.25, -0.2) is 18.1 Å². The molecule has 6 nitrogen and oxygen atoms in total. The molecule has 3 rings (SSSR count). The van der Waals surface area contributed by atoms with Gasteiger partial charge in [-0.3, -0.25) is 0 Å². The first-order valence-corrected chi connectivity index (χ1v) is 10.7. The van der Waals surface area contributed by atoms with Crippen molar-refractivity contribution in [2.45, 2.75) is 4.90 Å². The van der Waals surface area contributed by atoms with E-state index in [1.54, 1.807) is 54.6 Å². The first kappa shape index (κ1) is 18.2. The molecule has 3 aromatic rings. The van der Waals surface area contributed by atoms with Crippen molar-refractivity contribution in [3.8, 4) is 11.5 Å². The third kappa shape index (κ3) is 4.32. The van der Waals surface area contributed by atoms with E-state index in [9.17, 15) is 13.0 Å². The summed E-state index contributed by atoms with van der Waals surface area (Å²) in [5.41, 5.74) is 0. The van der Waals surface area contributed by atoms with Gasteiger partial charge in [0.2, 0.25) is 10.0 Å². The van der Waals surface area contributed by atoms with Crippen LogP contribution in [0.5, 0.6) is 11.5 Å². The Kier molecular flexibility index (Phi) is 5.13. The maximum Gasteiger partial charge on any atom is 0.462 e. The van der Waals surface area contributed by atoms with Gasteiger partial charge in [0.25, 0.3) is 0 Å². The molecule has 8 heteroatoms.